The molecule has 0 saturated carbocycles. The first-order chi connectivity index (χ1) is 14.2. The summed E-state index contributed by atoms with van der Waals surface area (Å²) in [6, 6.07) is 15.5. The lowest BCUT2D eigenvalue weighted by Crippen LogP contribution is -2.49. The Morgan fingerprint density at radius 2 is 1.66 bits per heavy atom. The molecule has 0 unspecified atom stereocenters. The molecule has 1 aromatic carbocycles. The summed E-state index contributed by atoms with van der Waals surface area (Å²) in [4.78, 5) is 20.8. The molecule has 7 heteroatoms. The zero-order valence-electron chi connectivity index (χ0n) is 16.5. The fourth-order valence-corrected chi connectivity index (χ4v) is 3.35. The molecule has 7 nitrogen and oxygen atoms in total. The predicted molar refractivity (Wildman–Crippen MR) is 113 cm³/mol. The monoisotopic (exact) mass is 388 g/mol. The minimum atomic E-state index is 0.0929. The van der Waals surface area contributed by atoms with Gasteiger partial charge in [-0.15, -0.1) is 10.2 Å². The van der Waals surface area contributed by atoms with Crippen LogP contribution in [0.3, 0.4) is 0 Å². The van der Waals surface area contributed by atoms with Crippen LogP contribution < -0.4 is 10.2 Å². The number of carbonyl (C=O) groups is 1. The minimum absolute atomic E-state index is 0.0929. The number of nitrogens with zero attached hydrogens (tertiary/aromatic N) is 5. The maximum Gasteiger partial charge on any atom is 0.253 e. The van der Waals surface area contributed by atoms with Gasteiger partial charge in [0.05, 0.1) is 0 Å². The molecule has 0 atom stereocenters. The zero-order valence-corrected chi connectivity index (χ0v) is 16.5. The zero-order chi connectivity index (χ0) is 20.1. The quantitative estimate of drug-likeness (QED) is 0.724. The van der Waals surface area contributed by atoms with Crippen LogP contribution in [0.25, 0.3) is 0 Å². The van der Waals surface area contributed by atoms with Crippen molar-refractivity contribution in [3.8, 4) is 0 Å². The van der Waals surface area contributed by atoms with E-state index in [0.717, 1.165) is 36.6 Å². The maximum absolute atomic E-state index is 12.7. The Kier molecular flexibility index (Phi) is 5.65. The number of aryl methyl sites for hydroxylation is 1. The highest BCUT2D eigenvalue weighted by atomic mass is 16.2. The molecular formula is C22H24N6O. The summed E-state index contributed by atoms with van der Waals surface area (Å²) in [5, 5.41) is 11.8. The summed E-state index contributed by atoms with van der Waals surface area (Å²) in [7, 11) is 0. The molecule has 1 saturated heterocycles. The maximum atomic E-state index is 12.7. The number of benzene rings is 1. The Hall–Kier alpha value is -3.48. The Bertz CT molecular complexity index is 935. The molecule has 29 heavy (non-hydrogen) atoms. The van der Waals surface area contributed by atoms with Crippen LogP contribution in [0, 0.1) is 0 Å². The van der Waals surface area contributed by atoms with E-state index in [2.05, 4.69) is 32.3 Å². The van der Waals surface area contributed by atoms with Gasteiger partial charge in [0.2, 0.25) is 0 Å². The molecule has 4 rings (SSSR count). The SMILES string of the molecule is CCc1ccc(C(=O)N2CCN(c3ccc(Nc4ccncc4)nn3)CC2)cc1. The van der Waals surface area contributed by atoms with E-state index >= 15 is 0 Å². The average molecular weight is 388 g/mol. The third-order valence-corrected chi connectivity index (χ3v) is 5.10. The van der Waals surface area contributed by atoms with E-state index in [9.17, 15) is 4.79 Å². The van der Waals surface area contributed by atoms with Crippen LogP contribution in [0.4, 0.5) is 17.3 Å². The molecule has 148 valence electrons. The van der Waals surface area contributed by atoms with Crippen molar-refractivity contribution in [2.24, 2.45) is 0 Å². The van der Waals surface area contributed by atoms with Crippen molar-refractivity contribution >= 4 is 23.2 Å². The van der Waals surface area contributed by atoms with Gasteiger partial charge >= 0.3 is 0 Å². The molecule has 3 heterocycles. The van der Waals surface area contributed by atoms with Crippen LogP contribution in [0.1, 0.15) is 22.8 Å². The van der Waals surface area contributed by atoms with Crippen LogP contribution in [-0.4, -0.2) is 52.2 Å². The van der Waals surface area contributed by atoms with Crippen LogP contribution in [0.5, 0.6) is 0 Å². The lowest BCUT2D eigenvalue weighted by atomic mass is 10.1. The Labute approximate surface area is 170 Å². The number of carbonyl (C=O) groups excluding carboxylic acids is 1. The topological polar surface area (TPSA) is 74.2 Å². The van der Waals surface area contributed by atoms with Gasteiger partial charge in [-0.25, -0.2) is 0 Å². The van der Waals surface area contributed by atoms with Gasteiger partial charge in [-0.05, 0) is 48.4 Å². The number of hydrogen-bond acceptors (Lipinski definition) is 6. The van der Waals surface area contributed by atoms with E-state index in [1.807, 2.05) is 53.4 Å². The molecule has 0 spiro atoms. The standard InChI is InChI=1S/C22H24N6O/c1-2-17-3-5-18(6-4-17)22(29)28-15-13-27(14-16-28)21-8-7-20(25-26-21)24-19-9-11-23-12-10-19/h3-12H,2,13-16H2,1H3,(H,23,24,25). The molecule has 1 N–H and O–H groups in total. The van der Waals surface area contributed by atoms with E-state index in [0.29, 0.717) is 18.9 Å². The second kappa shape index (κ2) is 8.68. The Morgan fingerprint density at radius 3 is 2.28 bits per heavy atom. The molecule has 2 aromatic heterocycles. The number of rotatable bonds is 5. The van der Waals surface area contributed by atoms with Crippen molar-refractivity contribution in [3.63, 3.8) is 0 Å². The third kappa shape index (κ3) is 4.51. The van der Waals surface area contributed by atoms with E-state index in [4.69, 9.17) is 0 Å². The highest BCUT2D eigenvalue weighted by molar-refractivity contribution is 5.94. The predicted octanol–water partition coefficient (Wildman–Crippen LogP) is 3.14. The highest BCUT2D eigenvalue weighted by Gasteiger charge is 2.23. The number of hydrogen-bond donors (Lipinski definition) is 1. The van der Waals surface area contributed by atoms with Crippen LogP contribution >= 0.6 is 0 Å². The van der Waals surface area contributed by atoms with Crippen molar-refractivity contribution in [3.05, 3.63) is 72.1 Å². The average Bonchev–Trinajstić information content (AvgIpc) is 2.80. The molecule has 1 amide bonds. The van der Waals surface area contributed by atoms with E-state index in [1.54, 1.807) is 12.4 Å². The summed E-state index contributed by atoms with van der Waals surface area (Å²) in [5.74, 6) is 1.60. The van der Waals surface area contributed by atoms with Crippen LogP contribution in [-0.2, 0) is 6.42 Å². The number of aromatic nitrogens is 3. The van der Waals surface area contributed by atoms with Crippen molar-refractivity contribution in [2.45, 2.75) is 13.3 Å². The highest BCUT2D eigenvalue weighted by Crippen LogP contribution is 2.18. The minimum Gasteiger partial charge on any atom is -0.352 e. The fraction of sp³-hybridized carbons (Fsp3) is 0.273. The van der Waals surface area contributed by atoms with Gasteiger partial charge in [0.1, 0.15) is 0 Å². The lowest BCUT2D eigenvalue weighted by molar-refractivity contribution is 0.0746. The van der Waals surface area contributed by atoms with Crippen LogP contribution in [0.15, 0.2) is 60.9 Å². The first kappa shape index (κ1) is 18.9. The van der Waals surface area contributed by atoms with Crippen molar-refractivity contribution in [1.29, 1.82) is 0 Å². The lowest BCUT2D eigenvalue weighted by Gasteiger charge is -2.35. The molecule has 0 aliphatic carbocycles. The number of amides is 1. The normalized spacial score (nSPS) is 14.0. The van der Waals surface area contributed by atoms with Gasteiger partial charge in [0, 0.05) is 49.8 Å². The molecule has 3 aromatic rings. The Balaban J connectivity index is 1.33. The number of piperazine rings is 1. The second-order valence-electron chi connectivity index (χ2n) is 6.97. The number of pyridine rings is 1. The molecular weight excluding hydrogens is 364 g/mol. The molecule has 1 aliphatic heterocycles. The molecule has 0 bridgehead atoms. The smallest absolute Gasteiger partial charge is 0.253 e. The summed E-state index contributed by atoms with van der Waals surface area (Å²) < 4.78 is 0. The summed E-state index contributed by atoms with van der Waals surface area (Å²) in [6.07, 6.45) is 4.43. The van der Waals surface area contributed by atoms with Gasteiger partial charge in [-0.3, -0.25) is 9.78 Å². The summed E-state index contributed by atoms with van der Waals surface area (Å²) in [5.41, 5.74) is 2.91. The Morgan fingerprint density at radius 1 is 0.931 bits per heavy atom. The number of anilines is 3. The fourth-order valence-electron chi connectivity index (χ4n) is 3.35. The molecule has 0 radical (unpaired) electrons. The van der Waals surface area contributed by atoms with Gasteiger partial charge in [-0.2, -0.15) is 0 Å². The first-order valence-corrected chi connectivity index (χ1v) is 9.87. The van der Waals surface area contributed by atoms with Crippen molar-refractivity contribution in [1.82, 2.24) is 20.1 Å². The third-order valence-electron chi connectivity index (χ3n) is 5.10. The summed E-state index contributed by atoms with van der Waals surface area (Å²) in [6.45, 7) is 4.94. The van der Waals surface area contributed by atoms with Gasteiger partial charge in [0.25, 0.3) is 5.91 Å². The second-order valence-corrected chi connectivity index (χ2v) is 6.97. The van der Waals surface area contributed by atoms with E-state index in [-0.39, 0.29) is 5.91 Å². The van der Waals surface area contributed by atoms with Gasteiger partial charge in [0.15, 0.2) is 11.6 Å². The molecule has 1 fully saturated rings. The van der Waals surface area contributed by atoms with Crippen molar-refractivity contribution < 1.29 is 4.79 Å². The van der Waals surface area contributed by atoms with Crippen molar-refractivity contribution in [2.75, 3.05) is 36.4 Å². The first-order valence-electron chi connectivity index (χ1n) is 9.87. The van der Waals surface area contributed by atoms with E-state index < -0.39 is 0 Å². The largest absolute Gasteiger partial charge is 0.352 e. The van der Waals surface area contributed by atoms with E-state index in [1.165, 1.54) is 5.56 Å². The van der Waals surface area contributed by atoms with Crippen LogP contribution in [0.2, 0.25) is 0 Å². The number of nitrogens with one attached hydrogen (secondary N) is 1. The molecule has 1 aliphatic rings. The van der Waals surface area contributed by atoms with Gasteiger partial charge in [-0.1, -0.05) is 19.1 Å². The summed E-state index contributed by atoms with van der Waals surface area (Å²) >= 11 is 0. The van der Waals surface area contributed by atoms with Gasteiger partial charge < -0.3 is 15.1 Å².